The first-order valence-corrected chi connectivity index (χ1v) is 7.20. The molecule has 0 fully saturated rings. The number of rotatable bonds is 4. The molecular formula is C18H17NO3. The molecule has 1 aliphatic rings. The van der Waals surface area contributed by atoms with Crippen LogP contribution < -0.4 is 0 Å². The first-order chi connectivity index (χ1) is 10.7. The third-order valence-corrected chi connectivity index (χ3v) is 3.50. The minimum Gasteiger partial charge on any atom is -0.470 e. The molecule has 2 aromatic carbocycles. The van der Waals surface area contributed by atoms with Crippen LogP contribution >= 0.6 is 0 Å². The molecule has 2 atom stereocenters. The van der Waals surface area contributed by atoms with Crippen molar-refractivity contribution in [2.75, 3.05) is 0 Å². The van der Waals surface area contributed by atoms with E-state index in [1.165, 1.54) is 0 Å². The highest BCUT2D eigenvalue weighted by molar-refractivity contribution is 5.85. The Hall–Kier alpha value is -2.62. The van der Waals surface area contributed by atoms with E-state index >= 15 is 0 Å². The van der Waals surface area contributed by atoms with E-state index in [4.69, 9.17) is 9.47 Å². The monoisotopic (exact) mass is 295 g/mol. The predicted octanol–water partition coefficient (Wildman–Crippen LogP) is 3.29. The lowest BCUT2D eigenvalue weighted by Gasteiger charge is -2.17. The first-order valence-electron chi connectivity index (χ1n) is 7.20. The highest BCUT2D eigenvalue weighted by atomic mass is 16.5. The van der Waals surface area contributed by atoms with Gasteiger partial charge in [0.05, 0.1) is 0 Å². The van der Waals surface area contributed by atoms with Gasteiger partial charge in [0.15, 0.2) is 18.0 Å². The number of carbonyl (C=O) groups excluding carboxylic acids is 1. The van der Waals surface area contributed by atoms with Crippen molar-refractivity contribution in [3.05, 3.63) is 71.8 Å². The predicted molar refractivity (Wildman–Crippen MR) is 83.4 cm³/mol. The number of esters is 1. The molecule has 1 aliphatic heterocycles. The Bertz CT molecular complexity index is 667. The highest BCUT2D eigenvalue weighted by Crippen LogP contribution is 2.30. The van der Waals surface area contributed by atoms with Crippen molar-refractivity contribution in [2.24, 2.45) is 4.99 Å². The maximum atomic E-state index is 12.3. The number of nitrogens with zero attached hydrogens (tertiary/aromatic N) is 1. The summed E-state index contributed by atoms with van der Waals surface area (Å²) < 4.78 is 11.1. The number of aliphatic imine (C=N–C) groups is 1. The third kappa shape index (κ3) is 3.17. The van der Waals surface area contributed by atoms with Gasteiger partial charge < -0.3 is 9.47 Å². The van der Waals surface area contributed by atoms with Crippen molar-refractivity contribution >= 4 is 11.9 Å². The van der Waals surface area contributed by atoms with Crippen LogP contribution in [0.15, 0.2) is 65.7 Å². The average molecular weight is 295 g/mol. The SMILES string of the molecule is CC1=NC(C(=O)OCc2ccccc2)C(c2ccccc2)O1. The second kappa shape index (κ2) is 6.43. The fraction of sp³-hybridized carbons (Fsp3) is 0.222. The topological polar surface area (TPSA) is 47.9 Å². The van der Waals surface area contributed by atoms with Gasteiger partial charge in [-0.3, -0.25) is 0 Å². The minimum atomic E-state index is -0.647. The van der Waals surface area contributed by atoms with Gasteiger partial charge in [0.2, 0.25) is 0 Å². The van der Waals surface area contributed by atoms with Crippen LogP contribution in [0.1, 0.15) is 24.2 Å². The van der Waals surface area contributed by atoms with Crippen molar-refractivity contribution in [1.82, 2.24) is 0 Å². The number of benzene rings is 2. The van der Waals surface area contributed by atoms with Crippen LogP contribution in [0.2, 0.25) is 0 Å². The largest absolute Gasteiger partial charge is 0.470 e. The molecule has 112 valence electrons. The molecule has 0 aliphatic carbocycles. The van der Waals surface area contributed by atoms with E-state index in [2.05, 4.69) is 4.99 Å². The van der Waals surface area contributed by atoms with Crippen LogP contribution in [-0.2, 0) is 20.9 Å². The smallest absolute Gasteiger partial charge is 0.335 e. The number of carbonyl (C=O) groups is 1. The molecule has 2 aromatic rings. The molecule has 3 rings (SSSR count). The fourth-order valence-corrected chi connectivity index (χ4v) is 2.43. The number of hydrogen-bond donors (Lipinski definition) is 0. The van der Waals surface area contributed by atoms with Gasteiger partial charge >= 0.3 is 5.97 Å². The summed E-state index contributed by atoms with van der Waals surface area (Å²) in [5, 5.41) is 0. The summed E-state index contributed by atoms with van der Waals surface area (Å²) in [6, 6.07) is 18.6. The van der Waals surface area contributed by atoms with Gasteiger partial charge in [0, 0.05) is 6.92 Å². The summed E-state index contributed by atoms with van der Waals surface area (Å²) in [5.74, 6) is 0.144. The summed E-state index contributed by atoms with van der Waals surface area (Å²) in [6.07, 6.45) is -0.413. The summed E-state index contributed by atoms with van der Waals surface area (Å²) in [7, 11) is 0. The molecule has 0 spiro atoms. The Morgan fingerprint density at radius 1 is 1.09 bits per heavy atom. The van der Waals surface area contributed by atoms with Gasteiger partial charge in [-0.05, 0) is 11.1 Å². The second-order valence-corrected chi connectivity index (χ2v) is 5.14. The fourth-order valence-electron chi connectivity index (χ4n) is 2.43. The lowest BCUT2D eigenvalue weighted by molar-refractivity contribution is -0.148. The molecule has 0 saturated heterocycles. The van der Waals surface area contributed by atoms with E-state index in [1.54, 1.807) is 6.92 Å². The van der Waals surface area contributed by atoms with Crippen molar-refractivity contribution in [2.45, 2.75) is 25.7 Å². The van der Waals surface area contributed by atoms with E-state index in [0.29, 0.717) is 5.90 Å². The van der Waals surface area contributed by atoms with E-state index in [1.807, 2.05) is 60.7 Å². The normalized spacial score (nSPS) is 20.1. The third-order valence-electron chi connectivity index (χ3n) is 3.50. The summed E-state index contributed by atoms with van der Waals surface area (Å²) >= 11 is 0. The zero-order valence-electron chi connectivity index (χ0n) is 12.3. The van der Waals surface area contributed by atoms with Gasteiger partial charge in [-0.25, -0.2) is 9.79 Å². The van der Waals surface area contributed by atoms with Gasteiger partial charge in [0.1, 0.15) is 6.61 Å². The highest BCUT2D eigenvalue weighted by Gasteiger charge is 2.37. The Labute approximate surface area is 129 Å². The van der Waals surface area contributed by atoms with E-state index in [9.17, 15) is 4.79 Å². The van der Waals surface area contributed by atoms with Crippen LogP contribution in [-0.4, -0.2) is 17.9 Å². The maximum absolute atomic E-state index is 12.3. The lowest BCUT2D eigenvalue weighted by atomic mass is 10.0. The van der Waals surface area contributed by atoms with Crippen LogP contribution in [0.5, 0.6) is 0 Å². The van der Waals surface area contributed by atoms with E-state index in [-0.39, 0.29) is 12.6 Å². The Kier molecular flexibility index (Phi) is 4.19. The summed E-state index contributed by atoms with van der Waals surface area (Å²) in [5.41, 5.74) is 1.87. The van der Waals surface area contributed by atoms with Gasteiger partial charge in [-0.15, -0.1) is 0 Å². The van der Waals surface area contributed by atoms with Gasteiger partial charge in [0.25, 0.3) is 0 Å². The summed E-state index contributed by atoms with van der Waals surface area (Å²) in [4.78, 5) is 16.6. The van der Waals surface area contributed by atoms with E-state index < -0.39 is 12.1 Å². The van der Waals surface area contributed by atoms with Gasteiger partial charge in [-0.2, -0.15) is 0 Å². The molecule has 2 unspecified atom stereocenters. The molecule has 0 N–H and O–H groups in total. The second-order valence-electron chi connectivity index (χ2n) is 5.14. The standard InChI is InChI=1S/C18H17NO3/c1-13-19-16(17(22-13)15-10-6-3-7-11-15)18(20)21-12-14-8-4-2-5-9-14/h2-11,16-17H,12H2,1H3. The quantitative estimate of drug-likeness (QED) is 0.813. The first kappa shape index (κ1) is 14.3. The zero-order valence-corrected chi connectivity index (χ0v) is 12.3. The molecule has 4 heteroatoms. The molecule has 0 amide bonds. The lowest BCUT2D eigenvalue weighted by Crippen LogP contribution is -2.26. The molecule has 0 saturated carbocycles. The van der Waals surface area contributed by atoms with Crippen LogP contribution in [0.3, 0.4) is 0 Å². The molecule has 0 bridgehead atoms. The Morgan fingerprint density at radius 2 is 1.73 bits per heavy atom. The van der Waals surface area contributed by atoms with Crippen molar-refractivity contribution < 1.29 is 14.3 Å². The van der Waals surface area contributed by atoms with Crippen molar-refractivity contribution in [3.63, 3.8) is 0 Å². The van der Waals surface area contributed by atoms with E-state index in [0.717, 1.165) is 11.1 Å². The number of ether oxygens (including phenoxy) is 2. The number of hydrogen-bond acceptors (Lipinski definition) is 4. The van der Waals surface area contributed by atoms with Crippen LogP contribution in [0, 0.1) is 0 Å². The maximum Gasteiger partial charge on any atom is 0.335 e. The molecule has 1 heterocycles. The van der Waals surface area contributed by atoms with Gasteiger partial charge in [-0.1, -0.05) is 60.7 Å². The molecule has 0 aromatic heterocycles. The van der Waals surface area contributed by atoms with Crippen molar-refractivity contribution in [1.29, 1.82) is 0 Å². The minimum absolute atomic E-state index is 0.242. The molecule has 4 nitrogen and oxygen atoms in total. The van der Waals surface area contributed by atoms with Crippen molar-refractivity contribution in [3.8, 4) is 0 Å². The molecular weight excluding hydrogens is 278 g/mol. The summed E-state index contributed by atoms with van der Waals surface area (Å²) in [6.45, 7) is 1.99. The Balaban J connectivity index is 1.70. The average Bonchev–Trinajstić information content (AvgIpc) is 2.96. The van der Waals surface area contributed by atoms with Crippen LogP contribution in [0.4, 0.5) is 0 Å². The zero-order chi connectivity index (χ0) is 15.4. The van der Waals surface area contributed by atoms with Crippen LogP contribution in [0.25, 0.3) is 0 Å². The molecule has 0 radical (unpaired) electrons. The Morgan fingerprint density at radius 3 is 2.41 bits per heavy atom. The molecule has 22 heavy (non-hydrogen) atoms.